The zero-order valence-electron chi connectivity index (χ0n) is 21.7. The van der Waals surface area contributed by atoms with Crippen molar-refractivity contribution >= 4 is 28.5 Å². The fourth-order valence-corrected chi connectivity index (χ4v) is 4.78. The molecule has 0 aliphatic heterocycles. The number of carbonyl (C=O) groups is 2. The van der Waals surface area contributed by atoms with E-state index >= 15 is 0 Å². The van der Waals surface area contributed by atoms with E-state index in [2.05, 4.69) is 42.9 Å². The van der Waals surface area contributed by atoms with Crippen molar-refractivity contribution in [1.82, 2.24) is 9.88 Å². The molecule has 1 aromatic heterocycles. The number of hydrogen-bond acceptors (Lipinski definition) is 6. The second kappa shape index (κ2) is 10.7. The van der Waals surface area contributed by atoms with Crippen molar-refractivity contribution in [2.45, 2.75) is 33.1 Å². The molecule has 1 aliphatic rings. The summed E-state index contributed by atoms with van der Waals surface area (Å²) in [5.41, 5.74) is 4.07. The minimum absolute atomic E-state index is 0.0139. The molecule has 0 spiro atoms. The first kappa shape index (κ1) is 25.7. The van der Waals surface area contributed by atoms with Gasteiger partial charge in [0.05, 0.1) is 12.2 Å². The van der Waals surface area contributed by atoms with E-state index < -0.39 is 11.5 Å². The quantitative estimate of drug-likeness (QED) is 0.388. The van der Waals surface area contributed by atoms with E-state index in [0.717, 1.165) is 47.5 Å². The summed E-state index contributed by atoms with van der Waals surface area (Å²) in [7, 11) is 1.55. The smallest absolute Gasteiger partial charge is 0.411 e. The standard InChI is InChI=1S/C28H35N3O5/c1-6-31(7-2)12-13-35-19-9-11-20-22(17-19)28(3,4)26-24(25(20)32)21-10-8-18(16-23(21)30-26)29-27(33)36-15-14-34-5/h8-11,16-17,30H,6-7,12-15H2,1-5H3,(H,29,33). The summed E-state index contributed by atoms with van der Waals surface area (Å²) in [4.78, 5) is 31.4. The fraction of sp³-hybridized carbons (Fsp3) is 0.429. The monoisotopic (exact) mass is 493 g/mol. The first-order valence-electron chi connectivity index (χ1n) is 12.4. The van der Waals surface area contributed by atoms with Gasteiger partial charge in [-0.2, -0.15) is 0 Å². The van der Waals surface area contributed by atoms with Gasteiger partial charge >= 0.3 is 6.09 Å². The van der Waals surface area contributed by atoms with Crippen LogP contribution < -0.4 is 10.1 Å². The van der Waals surface area contributed by atoms with Crippen molar-refractivity contribution in [2.75, 3.05) is 51.9 Å². The zero-order valence-corrected chi connectivity index (χ0v) is 21.7. The first-order valence-corrected chi connectivity index (χ1v) is 12.4. The molecule has 0 fully saturated rings. The molecule has 36 heavy (non-hydrogen) atoms. The van der Waals surface area contributed by atoms with Crippen LogP contribution >= 0.6 is 0 Å². The van der Waals surface area contributed by atoms with E-state index in [4.69, 9.17) is 14.2 Å². The first-order chi connectivity index (χ1) is 17.3. The number of ether oxygens (including phenoxy) is 3. The zero-order chi connectivity index (χ0) is 25.9. The molecule has 0 bridgehead atoms. The van der Waals surface area contributed by atoms with Gasteiger partial charge in [-0.25, -0.2) is 4.79 Å². The largest absolute Gasteiger partial charge is 0.492 e. The maximum absolute atomic E-state index is 13.6. The highest BCUT2D eigenvalue weighted by atomic mass is 16.6. The molecule has 0 radical (unpaired) electrons. The van der Waals surface area contributed by atoms with Crippen molar-refractivity contribution in [3.63, 3.8) is 0 Å². The number of amides is 1. The van der Waals surface area contributed by atoms with Crippen molar-refractivity contribution < 1.29 is 23.8 Å². The number of H-pyrrole nitrogens is 1. The second-order valence-corrected chi connectivity index (χ2v) is 9.43. The molecule has 0 saturated heterocycles. The van der Waals surface area contributed by atoms with Crippen molar-refractivity contribution in [1.29, 1.82) is 0 Å². The van der Waals surface area contributed by atoms with E-state index in [1.54, 1.807) is 13.2 Å². The summed E-state index contributed by atoms with van der Waals surface area (Å²) < 4.78 is 16.0. The molecule has 1 amide bonds. The van der Waals surface area contributed by atoms with Gasteiger partial charge in [-0.1, -0.05) is 33.8 Å². The topological polar surface area (TPSA) is 92.9 Å². The van der Waals surface area contributed by atoms with E-state index in [1.807, 2.05) is 30.3 Å². The van der Waals surface area contributed by atoms with Crippen LogP contribution in [0, 0.1) is 0 Å². The predicted octanol–water partition coefficient (Wildman–Crippen LogP) is 4.95. The number of aromatic amines is 1. The van der Waals surface area contributed by atoms with Crippen LogP contribution in [-0.2, 0) is 14.9 Å². The Labute approximate surface area is 211 Å². The van der Waals surface area contributed by atoms with Crippen LogP contribution in [0.2, 0.25) is 0 Å². The number of benzene rings is 2. The van der Waals surface area contributed by atoms with Crippen LogP contribution in [0.25, 0.3) is 10.9 Å². The maximum atomic E-state index is 13.6. The van der Waals surface area contributed by atoms with Gasteiger partial charge in [0, 0.05) is 46.9 Å². The molecule has 0 unspecified atom stereocenters. The third-order valence-corrected chi connectivity index (χ3v) is 6.90. The molecule has 1 heterocycles. The van der Waals surface area contributed by atoms with Crippen LogP contribution in [0.1, 0.15) is 54.9 Å². The van der Waals surface area contributed by atoms with Gasteiger partial charge in [0.2, 0.25) is 0 Å². The molecular formula is C28H35N3O5. The van der Waals surface area contributed by atoms with Crippen LogP contribution in [0.3, 0.4) is 0 Å². The number of fused-ring (bicyclic) bond motifs is 4. The average molecular weight is 494 g/mol. The number of anilines is 1. The van der Waals surface area contributed by atoms with Gasteiger partial charge < -0.3 is 24.1 Å². The summed E-state index contributed by atoms with van der Waals surface area (Å²) in [6, 6.07) is 11.2. The molecule has 4 rings (SSSR count). The Morgan fingerprint density at radius 3 is 2.56 bits per heavy atom. The van der Waals surface area contributed by atoms with Crippen molar-refractivity contribution in [2.24, 2.45) is 0 Å². The third-order valence-electron chi connectivity index (χ3n) is 6.90. The second-order valence-electron chi connectivity index (χ2n) is 9.43. The number of methoxy groups -OCH3 is 1. The number of likely N-dealkylation sites (N-methyl/N-ethyl adjacent to an activating group) is 1. The number of ketones is 1. The number of hydrogen-bond donors (Lipinski definition) is 2. The van der Waals surface area contributed by atoms with Gasteiger partial charge in [-0.15, -0.1) is 0 Å². The minimum Gasteiger partial charge on any atom is -0.492 e. The molecule has 8 nitrogen and oxygen atoms in total. The molecule has 0 atom stereocenters. The molecule has 0 saturated carbocycles. The van der Waals surface area contributed by atoms with Crippen LogP contribution in [-0.4, -0.2) is 68.3 Å². The number of aromatic nitrogens is 1. The Kier molecular flexibility index (Phi) is 7.66. The molecule has 2 N–H and O–H groups in total. The van der Waals surface area contributed by atoms with Crippen LogP contribution in [0.15, 0.2) is 36.4 Å². The highest BCUT2D eigenvalue weighted by Crippen LogP contribution is 2.44. The predicted molar refractivity (Wildman–Crippen MR) is 140 cm³/mol. The molecular weight excluding hydrogens is 458 g/mol. The van der Waals surface area contributed by atoms with Crippen molar-refractivity contribution in [3.8, 4) is 5.75 Å². The van der Waals surface area contributed by atoms with E-state index in [9.17, 15) is 9.59 Å². The Bertz CT molecular complexity index is 1260. The van der Waals surface area contributed by atoms with E-state index in [-0.39, 0.29) is 12.4 Å². The van der Waals surface area contributed by atoms with E-state index in [1.165, 1.54) is 0 Å². The molecule has 192 valence electrons. The Balaban J connectivity index is 1.60. The van der Waals surface area contributed by atoms with Gasteiger partial charge in [-0.05, 0) is 49.0 Å². The molecule has 2 aromatic carbocycles. The Morgan fingerprint density at radius 1 is 1.06 bits per heavy atom. The number of rotatable bonds is 10. The van der Waals surface area contributed by atoms with Gasteiger partial charge in [0.1, 0.15) is 19.0 Å². The maximum Gasteiger partial charge on any atom is 0.411 e. The van der Waals surface area contributed by atoms with Crippen LogP contribution in [0.4, 0.5) is 10.5 Å². The minimum atomic E-state index is -0.556. The van der Waals surface area contributed by atoms with Crippen LogP contribution in [0.5, 0.6) is 5.75 Å². The highest BCUT2D eigenvalue weighted by Gasteiger charge is 2.39. The highest BCUT2D eigenvalue weighted by molar-refractivity contribution is 6.20. The van der Waals surface area contributed by atoms with Gasteiger partial charge in [0.25, 0.3) is 0 Å². The van der Waals surface area contributed by atoms with Crippen molar-refractivity contribution in [3.05, 3.63) is 58.8 Å². The Morgan fingerprint density at radius 2 is 1.83 bits per heavy atom. The van der Waals surface area contributed by atoms with Gasteiger partial charge in [0.15, 0.2) is 5.78 Å². The lowest BCUT2D eigenvalue weighted by molar-refractivity contribution is 0.103. The summed E-state index contributed by atoms with van der Waals surface area (Å²) in [6.45, 7) is 12.4. The number of nitrogens with one attached hydrogen (secondary N) is 2. The lowest BCUT2D eigenvalue weighted by Gasteiger charge is -2.32. The Hall–Kier alpha value is -3.36. The summed E-state index contributed by atoms with van der Waals surface area (Å²) in [5, 5.41) is 3.55. The molecule has 8 heteroatoms. The summed E-state index contributed by atoms with van der Waals surface area (Å²) >= 11 is 0. The number of nitrogens with zero attached hydrogens (tertiary/aromatic N) is 1. The summed E-state index contributed by atoms with van der Waals surface area (Å²) in [6.07, 6.45) is -0.556. The lowest BCUT2D eigenvalue weighted by Crippen LogP contribution is -2.30. The average Bonchev–Trinajstić information content (AvgIpc) is 3.26. The fourth-order valence-electron chi connectivity index (χ4n) is 4.78. The van der Waals surface area contributed by atoms with E-state index in [0.29, 0.717) is 30.0 Å². The molecule has 1 aliphatic carbocycles. The van der Waals surface area contributed by atoms with Gasteiger partial charge in [-0.3, -0.25) is 10.1 Å². The normalized spacial score (nSPS) is 14.0. The number of carbonyl (C=O) groups excluding carboxylic acids is 2. The summed E-state index contributed by atoms with van der Waals surface area (Å²) in [5.74, 6) is 0.750. The third kappa shape index (κ3) is 4.96. The molecule has 3 aromatic rings. The lowest BCUT2D eigenvalue weighted by atomic mass is 9.71. The SMILES string of the molecule is CCN(CC)CCOc1ccc2c(c1)C(C)(C)c1[nH]c3cc(NC(=O)OCCOC)ccc3c1C2=O.